The average Bonchev–Trinajstić information content (AvgIpc) is 3.03. The predicted molar refractivity (Wildman–Crippen MR) is 108 cm³/mol. The van der Waals surface area contributed by atoms with E-state index >= 15 is 0 Å². The molecular formula is C19H24N6OS. The summed E-state index contributed by atoms with van der Waals surface area (Å²) in [5, 5.41) is 4.99. The van der Waals surface area contributed by atoms with Crippen molar-refractivity contribution in [1.82, 2.24) is 24.5 Å². The van der Waals surface area contributed by atoms with E-state index in [9.17, 15) is 4.79 Å². The van der Waals surface area contributed by atoms with Crippen LogP contribution in [-0.2, 0) is 11.3 Å². The number of thioether (sulfide) groups is 1. The van der Waals surface area contributed by atoms with Gasteiger partial charge >= 0.3 is 0 Å². The summed E-state index contributed by atoms with van der Waals surface area (Å²) in [6.45, 7) is 4.47. The number of anilines is 1. The molecule has 8 heteroatoms. The number of hydrogen-bond acceptors (Lipinski definition) is 6. The number of benzene rings is 1. The summed E-state index contributed by atoms with van der Waals surface area (Å²) in [4.78, 5) is 25.0. The molecule has 142 valence electrons. The highest BCUT2D eigenvalue weighted by atomic mass is 32.2. The molecule has 2 heterocycles. The summed E-state index contributed by atoms with van der Waals surface area (Å²) >= 11 is 1.33. The molecule has 0 atom stereocenters. The van der Waals surface area contributed by atoms with Gasteiger partial charge in [-0.05, 0) is 37.6 Å². The number of fused-ring (bicyclic) bond motifs is 1. The summed E-state index contributed by atoms with van der Waals surface area (Å²) in [6, 6.07) is 10.2. The molecule has 0 aliphatic carbocycles. The number of amides is 1. The molecule has 3 rings (SSSR count). The van der Waals surface area contributed by atoms with Crippen LogP contribution < -0.4 is 4.90 Å². The zero-order valence-electron chi connectivity index (χ0n) is 16.3. The zero-order chi connectivity index (χ0) is 19.6. The number of carbonyl (C=O) groups excluding carboxylic acids is 1. The minimum absolute atomic E-state index is 0.0383. The molecule has 1 aromatic carbocycles. The standard InChI is InChI=1S/C19H24N6OS/c1-13-10-14(2)25-18(20-13)21-19(22-25)27-12-17(26)24(5)11-15-6-8-16(9-7-15)23(3)4/h6-10H,11-12H2,1-5H3. The van der Waals surface area contributed by atoms with Crippen molar-refractivity contribution in [2.24, 2.45) is 0 Å². The lowest BCUT2D eigenvalue weighted by molar-refractivity contribution is -0.127. The van der Waals surface area contributed by atoms with Gasteiger partial charge in [0.15, 0.2) is 0 Å². The largest absolute Gasteiger partial charge is 0.378 e. The van der Waals surface area contributed by atoms with Crippen LogP contribution in [0.3, 0.4) is 0 Å². The molecular weight excluding hydrogens is 360 g/mol. The van der Waals surface area contributed by atoms with Gasteiger partial charge in [0.25, 0.3) is 5.78 Å². The third-order valence-corrected chi connectivity index (χ3v) is 5.04. The van der Waals surface area contributed by atoms with E-state index < -0.39 is 0 Å². The van der Waals surface area contributed by atoms with Gasteiger partial charge in [-0.1, -0.05) is 23.9 Å². The molecule has 1 amide bonds. The van der Waals surface area contributed by atoms with E-state index in [4.69, 9.17) is 0 Å². The maximum absolute atomic E-state index is 12.5. The maximum atomic E-state index is 12.5. The van der Waals surface area contributed by atoms with Crippen molar-refractivity contribution in [2.75, 3.05) is 31.8 Å². The summed E-state index contributed by atoms with van der Waals surface area (Å²) in [5.41, 5.74) is 4.12. The van der Waals surface area contributed by atoms with Crippen molar-refractivity contribution in [2.45, 2.75) is 25.5 Å². The van der Waals surface area contributed by atoms with E-state index in [0.29, 0.717) is 23.2 Å². The molecule has 0 radical (unpaired) electrons. The van der Waals surface area contributed by atoms with E-state index in [1.165, 1.54) is 11.8 Å². The van der Waals surface area contributed by atoms with E-state index in [1.54, 1.807) is 9.42 Å². The normalized spacial score (nSPS) is 11.0. The quantitative estimate of drug-likeness (QED) is 0.609. The van der Waals surface area contributed by atoms with Crippen molar-refractivity contribution in [1.29, 1.82) is 0 Å². The molecule has 3 aromatic rings. The van der Waals surface area contributed by atoms with Gasteiger partial charge in [0.05, 0.1) is 5.75 Å². The number of hydrogen-bond donors (Lipinski definition) is 0. The molecule has 0 aliphatic rings. The zero-order valence-corrected chi connectivity index (χ0v) is 17.1. The molecule has 0 N–H and O–H groups in total. The Morgan fingerprint density at radius 1 is 1.11 bits per heavy atom. The Labute approximate surface area is 163 Å². The Balaban J connectivity index is 1.59. The van der Waals surface area contributed by atoms with Crippen LogP contribution in [0, 0.1) is 13.8 Å². The molecule has 0 aliphatic heterocycles. The highest BCUT2D eigenvalue weighted by Gasteiger charge is 2.13. The Hall–Kier alpha value is -2.61. The summed E-state index contributed by atoms with van der Waals surface area (Å²) in [6.07, 6.45) is 0. The van der Waals surface area contributed by atoms with Gasteiger partial charge in [-0.3, -0.25) is 4.79 Å². The van der Waals surface area contributed by atoms with Crippen LogP contribution in [0.15, 0.2) is 35.5 Å². The lowest BCUT2D eigenvalue weighted by Gasteiger charge is -2.18. The van der Waals surface area contributed by atoms with Gasteiger partial charge in [0, 0.05) is 44.8 Å². The van der Waals surface area contributed by atoms with E-state index in [-0.39, 0.29) is 5.91 Å². The van der Waals surface area contributed by atoms with Gasteiger partial charge in [0.1, 0.15) is 0 Å². The lowest BCUT2D eigenvalue weighted by Crippen LogP contribution is -2.27. The number of aryl methyl sites for hydroxylation is 2. The van der Waals surface area contributed by atoms with E-state index in [0.717, 1.165) is 22.6 Å². The second-order valence-corrected chi connectivity index (χ2v) is 7.69. The molecule has 0 saturated heterocycles. The van der Waals surface area contributed by atoms with Crippen LogP contribution in [0.1, 0.15) is 17.0 Å². The fourth-order valence-electron chi connectivity index (χ4n) is 2.71. The highest BCUT2D eigenvalue weighted by Crippen LogP contribution is 2.17. The number of aromatic nitrogens is 4. The van der Waals surface area contributed by atoms with Crippen LogP contribution in [0.5, 0.6) is 0 Å². The van der Waals surface area contributed by atoms with Crippen LogP contribution in [0.2, 0.25) is 0 Å². The molecule has 0 spiro atoms. The number of carbonyl (C=O) groups is 1. The first-order valence-electron chi connectivity index (χ1n) is 8.67. The summed E-state index contributed by atoms with van der Waals surface area (Å²) in [5.74, 6) is 0.898. The Kier molecular flexibility index (Phi) is 5.65. The first-order valence-corrected chi connectivity index (χ1v) is 9.66. The molecule has 27 heavy (non-hydrogen) atoms. The third kappa shape index (κ3) is 4.57. The molecule has 2 aromatic heterocycles. The Morgan fingerprint density at radius 2 is 1.81 bits per heavy atom. The molecule has 7 nitrogen and oxygen atoms in total. The second kappa shape index (κ2) is 7.96. The van der Waals surface area contributed by atoms with Crippen LogP contribution in [0.25, 0.3) is 5.78 Å². The third-order valence-electron chi connectivity index (χ3n) is 4.22. The molecule has 0 bridgehead atoms. The van der Waals surface area contributed by atoms with Crippen LogP contribution in [-0.4, -0.2) is 57.3 Å². The first-order chi connectivity index (χ1) is 12.8. The minimum Gasteiger partial charge on any atom is -0.378 e. The fraction of sp³-hybridized carbons (Fsp3) is 0.368. The predicted octanol–water partition coefficient (Wildman–Crippen LogP) is 2.56. The van der Waals surface area contributed by atoms with Gasteiger partial charge in [-0.15, -0.1) is 5.10 Å². The summed E-state index contributed by atoms with van der Waals surface area (Å²) in [7, 11) is 5.83. The van der Waals surface area contributed by atoms with Crippen LogP contribution >= 0.6 is 11.8 Å². The van der Waals surface area contributed by atoms with Crippen molar-refractivity contribution < 1.29 is 4.79 Å². The van der Waals surface area contributed by atoms with Gasteiger partial charge < -0.3 is 9.80 Å². The highest BCUT2D eigenvalue weighted by molar-refractivity contribution is 7.99. The van der Waals surface area contributed by atoms with Gasteiger partial charge in [-0.25, -0.2) is 9.50 Å². The smallest absolute Gasteiger partial charge is 0.253 e. The van der Waals surface area contributed by atoms with Crippen molar-refractivity contribution in [3.8, 4) is 0 Å². The Morgan fingerprint density at radius 3 is 2.48 bits per heavy atom. The fourth-order valence-corrected chi connectivity index (χ4v) is 3.47. The maximum Gasteiger partial charge on any atom is 0.253 e. The average molecular weight is 385 g/mol. The second-order valence-electron chi connectivity index (χ2n) is 6.74. The molecule has 0 unspecified atom stereocenters. The van der Waals surface area contributed by atoms with Crippen molar-refractivity contribution >= 4 is 29.1 Å². The molecule has 0 fully saturated rings. The van der Waals surface area contributed by atoms with Gasteiger partial charge in [0.2, 0.25) is 11.1 Å². The topological polar surface area (TPSA) is 66.6 Å². The van der Waals surface area contributed by atoms with E-state index in [1.807, 2.05) is 53.2 Å². The van der Waals surface area contributed by atoms with Gasteiger partial charge in [-0.2, -0.15) is 4.98 Å². The van der Waals surface area contributed by atoms with Crippen LogP contribution in [0.4, 0.5) is 5.69 Å². The lowest BCUT2D eigenvalue weighted by atomic mass is 10.2. The number of rotatable bonds is 6. The van der Waals surface area contributed by atoms with Crippen molar-refractivity contribution in [3.63, 3.8) is 0 Å². The monoisotopic (exact) mass is 384 g/mol. The Bertz CT molecular complexity index is 951. The number of nitrogens with zero attached hydrogens (tertiary/aromatic N) is 6. The first kappa shape index (κ1) is 19.2. The SMILES string of the molecule is Cc1cc(C)n2nc(SCC(=O)N(C)Cc3ccc(N(C)C)cc3)nc2n1. The van der Waals surface area contributed by atoms with Crippen molar-refractivity contribution in [3.05, 3.63) is 47.3 Å². The molecule has 0 saturated carbocycles. The summed E-state index contributed by atoms with van der Waals surface area (Å²) < 4.78 is 1.70. The minimum atomic E-state index is 0.0383. The van der Waals surface area contributed by atoms with E-state index in [2.05, 4.69) is 32.1 Å².